The van der Waals surface area contributed by atoms with E-state index in [1.165, 1.54) is 33.0 Å². The van der Waals surface area contributed by atoms with Crippen molar-refractivity contribution < 1.29 is 0 Å². The normalized spacial score (nSPS) is 12.7. The summed E-state index contributed by atoms with van der Waals surface area (Å²) in [6, 6.07) is 42.3. The van der Waals surface area contributed by atoms with Gasteiger partial charge in [-0.05, 0) is 121 Å². The van der Waals surface area contributed by atoms with E-state index in [1.807, 2.05) is 12.1 Å². The molecular weight excluding hydrogens is 667 g/mol. The van der Waals surface area contributed by atoms with Gasteiger partial charge in [0.05, 0.1) is 28.5 Å². The Bertz CT molecular complexity index is 2520. The van der Waals surface area contributed by atoms with Crippen LogP contribution in [0, 0.1) is 11.3 Å². The average Bonchev–Trinajstić information content (AvgIpc) is 3.51. The van der Waals surface area contributed by atoms with Gasteiger partial charge in [0.15, 0.2) is 0 Å². The maximum atomic E-state index is 10.5. The highest BCUT2D eigenvalue weighted by atomic mass is 14.7. The van der Waals surface area contributed by atoms with Crippen LogP contribution in [0.5, 0.6) is 0 Å². The van der Waals surface area contributed by atoms with Crippen LogP contribution >= 0.6 is 0 Å². The van der Waals surface area contributed by atoms with E-state index in [0.717, 1.165) is 55.8 Å². The first kappa shape index (κ1) is 37.8. The molecule has 0 aliphatic carbocycles. The Balaban J connectivity index is 1.46. The third-order valence-corrected chi connectivity index (χ3v) is 11.1. The minimum atomic E-state index is -0.0991. The molecule has 7 rings (SSSR count). The topological polar surface area (TPSA) is 52.5 Å². The number of nitrogens with zero attached hydrogens (tertiary/aromatic N) is 2. The van der Waals surface area contributed by atoms with Gasteiger partial charge in [-0.25, -0.2) is 4.98 Å². The van der Waals surface area contributed by atoms with Crippen molar-refractivity contribution in [3.63, 3.8) is 0 Å². The largest absolute Gasteiger partial charge is 0.354 e. The molecule has 0 radical (unpaired) electrons. The lowest BCUT2D eigenvalue weighted by Gasteiger charge is -2.21. The Labute approximate surface area is 328 Å². The summed E-state index contributed by atoms with van der Waals surface area (Å²) in [5.74, 6) is 0. The Morgan fingerprint density at radius 1 is 0.436 bits per heavy atom. The molecule has 0 saturated carbocycles. The Kier molecular flexibility index (Phi) is 9.21. The van der Waals surface area contributed by atoms with E-state index in [-0.39, 0.29) is 21.7 Å². The van der Waals surface area contributed by atoms with Gasteiger partial charge in [-0.2, -0.15) is 5.26 Å². The van der Waals surface area contributed by atoms with Gasteiger partial charge >= 0.3 is 0 Å². The molecule has 3 heteroatoms. The summed E-state index contributed by atoms with van der Waals surface area (Å²) in [6.45, 7) is 27.0. The maximum Gasteiger partial charge on any atom is 0.0993 e. The van der Waals surface area contributed by atoms with E-state index in [0.29, 0.717) is 5.56 Å². The lowest BCUT2D eigenvalue weighted by atomic mass is 9.83. The lowest BCUT2D eigenvalue weighted by Crippen LogP contribution is -2.11. The molecule has 2 heterocycles. The van der Waals surface area contributed by atoms with Gasteiger partial charge in [0.1, 0.15) is 0 Å². The zero-order chi connectivity index (χ0) is 39.7. The Morgan fingerprint density at radius 3 is 1.38 bits per heavy atom. The number of nitrogens with one attached hydrogen (secondary N) is 1. The van der Waals surface area contributed by atoms with Gasteiger partial charge in [-0.1, -0.05) is 138 Å². The molecule has 0 spiro atoms. The Hall–Kier alpha value is -5.46. The summed E-state index contributed by atoms with van der Waals surface area (Å²) >= 11 is 0. The molecule has 0 fully saturated rings. The van der Waals surface area contributed by atoms with E-state index < -0.39 is 0 Å². The van der Waals surface area contributed by atoms with Crippen LogP contribution in [0.1, 0.15) is 111 Å². The van der Waals surface area contributed by atoms with Crippen LogP contribution in [0.4, 0.5) is 0 Å². The fraction of sp³-hybridized carbons (Fsp3) is 0.308. The summed E-state index contributed by atoms with van der Waals surface area (Å²) in [4.78, 5) is 9.18. The maximum absolute atomic E-state index is 10.5. The van der Waals surface area contributed by atoms with Crippen molar-refractivity contribution in [1.82, 2.24) is 9.97 Å². The molecule has 0 saturated heterocycles. The fourth-order valence-corrected chi connectivity index (χ4v) is 7.42. The van der Waals surface area contributed by atoms with E-state index >= 15 is 0 Å². The molecule has 7 aromatic rings. The molecule has 0 bridgehead atoms. The van der Waals surface area contributed by atoms with Crippen LogP contribution in [0.2, 0.25) is 0 Å². The van der Waals surface area contributed by atoms with Gasteiger partial charge in [0.25, 0.3) is 0 Å². The van der Waals surface area contributed by atoms with Crippen LogP contribution in [-0.2, 0) is 21.7 Å². The first-order valence-corrected chi connectivity index (χ1v) is 19.6. The molecule has 1 N–H and O–H groups in total. The van der Waals surface area contributed by atoms with Crippen molar-refractivity contribution in [2.75, 3.05) is 0 Å². The summed E-state index contributed by atoms with van der Waals surface area (Å²) < 4.78 is 0. The number of aromatic nitrogens is 2. The molecule has 5 aromatic carbocycles. The first-order valence-electron chi connectivity index (χ1n) is 19.6. The molecule has 55 heavy (non-hydrogen) atoms. The molecule has 3 nitrogen and oxygen atoms in total. The summed E-state index contributed by atoms with van der Waals surface area (Å²) in [5.41, 5.74) is 15.9. The van der Waals surface area contributed by atoms with E-state index in [4.69, 9.17) is 4.98 Å². The number of fused-ring (bicyclic) bond motifs is 3. The predicted octanol–water partition coefficient (Wildman–Crippen LogP) is 14.4. The van der Waals surface area contributed by atoms with Crippen molar-refractivity contribution in [3.8, 4) is 50.8 Å². The average molecular weight is 722 g/mol. The predicted molar refractivity (Wildman–Crippen MR) is 235 cm³/mol. The van der Waals surface area contributed by atoms with E-state index in [2.05, 4.69) is 191 Å². The van der Waals surface area contributed by atoms with Crippen LogP contribution < -0.4 is 0 Å². The van der Waals surface area contributed by atoms with Crippen molar-refractivity contribution in [1.29, 1.82) is 5.26 Å². The van der Waals surface area contributed by atoms with Gasteiger partial charge in [-0.15, -0.1) is 0 Å². The molecule has 2 aromatic heterocycles. The van der Waals surface area contributed by atoms with Crippen LogP contribution in [0.3, 0.4) is 0 Å². The molecule has 0 atom stereocenters. The molecule has 0 aliphatic rings. The summed E-state index contributed by atoms with van der Waals surface area (Å²) in [6.07, 6.45) is 0. The Morgan fingerprint density at radius 2 is 0.891 bits per heavy atom. The molecule has 0 amide bonds. The minimum Gasteiger partial charge on any atom is -0.354 e. The van der Waals surface area contributed by atoms with Gasteiger partial charge in [0.2, 0.25) is 0 Å². The van der Waals surface area contributed by atoms with Gasteiger partial charge in [-0.3, -0.25) is 0 Å². The molecule has 0 aliphatic heterocycles. The number of rotatable bonds is 4. The minimum absolute atomic E-state index is 0.0243. The zero-order valence-electron chi connectivity index (χ0n) is 34.8. The summed E-state index contributed by atoms with van der Waals surface area (Å²) in [5, 5.41) is 12.8. The zero-order valence-corrected chi connectivity index (χ0v) is 34.8. The monoisotopic (exact) mass is 721 g/mol. The lowest BCUT2D eigenvalue weighted by molar-refractivity contribution is 0.590. The molecule has 0 unspecified atom stereocenters. The number of hydrogen-bond donors (Lipinski definition) is 1. The standard InChI is InChI=1S/C52H55N3/c1-49(2,3)38-17-13-33(14-18-38)35-25-36(34-15-19-39(20-16-34)50(4,5)6)27-37(26-35)46-23-32(31-53)24-47(54-46)44-30-41(52(10,11)12)29-43-42-28-40(51(7,8)9)21-22-45(42)55-48(43)44/h13-30,55H,1-12H3. The quantitative estimate of drug-likeness (QED) is 0.197. The van der Waals surface area contributed by atoms with Crippen molar-refractivity contribution >= 4 is 21.8 Å². The summed E-state index contributed by atoms with van der Waals surface area (Å²) in [7, 11) is 0. The SMILES string of the molecule is CC(C)(C)c1ccc(-c2cc(-c3ccc(C(C)(C)C)cc3)cc(-c3cc(C#N)cc(-c4cc(C(C)(C)C)cc5c4[nH]c4ccc(C(C)(C)C)cc45)n3)c2)cc1. The molecular formula is C52H55N3. The highest BCUT2D eigenvalue weighted by Gasteiger charge is 2.23. The third-order valence-electron chi connectivity index (χ3n) is 11.1. The first-order chi connectivity index (χ1) is 25.7. The number of pyridine rings is 1. The van der Waals surface area contributed by atoms with Gasteiger partial charge < -0.3 is 4.98 Å². The van der Waals surface area contributed by atoms with E-state index in [9.17, 15) is 5.26 Å². The number of aromatic amines is 1. The number of benzene rings is 5. The number of hydrogen-bond acceptors (Lipinski definition) is 2. The second-order valence-corrected chi connectivity index (χ2v) is 19.5. The highest BCUT2D eigenvalue weighted by molar-refractivity contribution is 6.12. The van der Waals surface area contributed by atoms with Crippen LogP contribution in [-0.4, -0.2) is 9.97 Å². The number of nitriles is 1. The van der Waals surface area contributed by atoms with E-state index in [1.54, 1.807) is 0 Å². The third kappa shape index (κ3) is 7.61. The fourth-order valence-electron chi connectivity index (χ4n) is 7.42. The van der Waals surface area contributed by atoms with Gasteiger partial charge in [0, 0.05) is 27.4 Å². The van der Waals surface area contributed by atoms with Crippen molar-refractivity contribution in [2.24, 2.45) is 0 Å². The van der Waals surface area contributed by atoms with Crippen molar-refractivity contribution in [3.05, 3.63) is 137 Å². The molecule has 278 valence electrons. The van der Waals surface area contributed by atoms with Crippen molar-refractivity contribution in [2.45, 2.75) is 105 Å². The number of H-pyrrole nitrogens is 1. The second kappa shape index (κ2) is 13.4. The van der Waals surface area contributed by atoms with Crippen LogP contribution in [0.15, 0.2) is 109 Å². The second-order valence-electron chi connectivity index (χ2n) is 19.5. The highest BCUT2D eigenvalue weighted by Crippen LogP contribution is 2.41. The smallest absolute Gasteiger partial charge is 0.0993 e. The van der Waals surface area contributed by atoms with Crippen LogP contribution in [0.25, 0.3) is 66.6 Å².